The molecule has 1 aromatic carbocycles. The lowest BCUT2D eigenvalue weighted by atomic mass is 10.0. The minimum atomic E-state index is -0.0165. The molecule has 1 aromatic heterocycles. The standard InChI is InChI=1S/C13H18N4/c1-9(14)13(12-7-5-4-6-8-12)17-11(3)15-10(2)16-17/h4-9,13H,14H2,1-3H3. The number of aryl methyl sites for hydroxylation is 2. The molecule has 0 aliphatic heterocycles. The van der Waals surface area contributed by atoms with Crippen LogP contribution in [0.25, 0.3) is 0 Å². The minimum Gasteiger partial charge on any atom is -0.326 e. The van der Waals surface area contributed by atoms with Crippen LogP contribution in [-0.4, -0.2) is 20.8 Å². The summed E-state index contributed by atoms with van der Waals surface area (Å²) in [6.45, 7) is 5.85. The van der Waals surface area contributed by atoms with Gasteiger partial charge in [-0.2, -0.15) is 5.10 Å². The third kappa shape index (κ3) is 2.36. The summed E-state index contributed by atoms with van der Waals surface area (Å²) in [5.74, 6) is 1.68. The smallest absolute Gasteiger partial charge is 0.147 e. The average molecular weight is 230 g/mol. The number of hydrogen-bond acceptors (Lipinski definition) is 3. The van der Waals surface area contributed by atoms with Gasteiger partial charge in [0.2, 0.25) is 0 Å². The van der Waals surface area contributed by atoms with E-state index in [1.54, 1.807) is 0 Å². The van der Waals surface area contributed by atoms with Gasteiger partial charge in [0.05, 0.1) is 6.04 Å². The maximum absolute atomic E-state index is 6.09. The summed E-state index contributed by atoms with van der Waals surface area (Å²) in [6.07, 6.45) is 0. The van der Waals surface area contributed by atoms with Crippen molar-refractivity contribution in [2.75, 3.05) is 0 Å². The Morgan fingerprint density at radius 1 is 1.18 bits per heavy atom. The SMILES string of the molecule is Cc1nc(C)n(C(c2ccccc2)C(C)N)n1. The molecule has 0 radical (unpaired) electrons. The Kier molecular flexibility index (Phi) is 3.24. The molecule has 4 nitrogen and oxygen atoms in total. The quantitative estimate of drug-likeness (QED) is 0.875. The molecule has 4 heteroatoms. The molecule has 0 aliphatic rings. The molecule has 0 amide bonds. The van der Waals surface area contributed by atoms with Gasteiger partial charge < -0.3 is 5.73 Å². The van der Waals surface area contributed by atoms with E-state index >= 15 is 0 Å². The Morgan fingerprint density at radius 3 is 2.29 bits per heavy atom. The maximum atomic E-state index is 6.09. The zero-order chi connectivity index (χ0) is 12.4. The lowest BCUT2D eigenvalue weighted by Gasteiger charge is -2.22. The van der Waals surface area contributed by atoms with E-state index in [-0.39, 0.29) is 12.1 Å². The summed E-state index contributed by atoms with van der Waals surface area (Å²) in [6, 6.07) is 10.2. The van der Waals surface area contributed by atoms with Crippen LogP contribution in [0, 0.1) is 13.8 Å². The van der Waals surface area contributed by atoms with E-state index in [4.69, 9.17) is 5.73 Å². The van der Waals surface area contributed by atoms with Crippen molar-refractivity contribution in [1.82, 2.24) is 14.8 Å². The molecule has 2 rings (SSSR count). The van der Waals surface area contributed by atoms with Gasteiger partial charge in [-0.3, -0.25) is 0 Å². The molecule has 2 atom stereocenters. The van der Waals surface area contributed by atoms with Crippen LogP contribution in [0.15, 0.2) is 30.3 Å². The van der Waals surface area contributed by atoms with Crippen molar-refractivity contribution in [2.45, 2.75) is 32.9 Å². The van der Waals surface area contributed by atoms with Gasteiger partial charge in [0, 0.05) is 6.04 Å². The van der Waals surface area contributed by atoms with E-state index in [1.165, 1.54) is 0 Å². The van der Waals surface area contributed by atoms with Crippen LogP contribution in [0.5, 0.6) is 0 Å². The number of nitrogens with zero attached hydrogens (tertiary/aromatic N) is 3. The molecule has 0 spiro atoms. The Morgan fingerprint density at radius 2 is 1.82 bits per heavy atom. The third-order valence-electron chi connectivity index (χ3n) is 2.81. The highest BCUT2D eigenvalue weighted by atomic mass is 15.4. The van der Waals surface area contributed by atoms with Gasteiger partial charge in [-0.25, -0.2) is 9.67 Å². The Hall–Kier alpha value is -1.68. The molecule has 1 heterocycles. The first-order valence-corrected chi connectivity index (χ1v) is 5.80. The second kappa shape index (κ2) is 4.67. The van der Waals surface area contributed by atoms with E-state index in [9.17, 15) is 0 Å². The van der Waals surface area contributed by atoms with Gasteiger partial charge in [0.15, 0.2) is 0 Å². The zero-order valence-electron chi connectivity index (χ0n) is 10.5. The van der Waals surface area contributed by atoms with Crippen LogP contribution in [0.2, 0.25) is 0 Å². The molecule has 0 saturated heterocycles. The predicted octanol–water partition coefficient (Wildman–Crippen LogP) is 1.83. The van der Waals surface area contributed by atoms with Gasteiger partial charge in [-0.1, -0.05) is 30.3 Å². The van der Waals surface area contributed by atoms with Crippen molar-refractivity contribution in [3.05, 3.63) is 47.5 Å². The molecule has 90 valence electrons. The molecule has 0 bridgehead atoms. The predicted molar refractivity (Wildman–Crippen MR) is 67.7 cm³/mol. The van der Waals surface area contributed by atoms with Gasteiger partial charge in [-0.15, -0.1) is 0 Å². The summed E-state index contributed by atoms with van der Waals surface area (Å²) in [5.41, 5.74) is 7.25. The molecule has 2 aromatic rings. The fourth-order valence-corrected chi connectivity index (χ4v) is 2.12. The molecule has 2 unspecified atom stereocenters. The van der Waals surface area contributed by atoms with E-state index in [0.717, 1.165) is 17.2 Å². The summed E-state index contributed by atoms with van der Waals surface area (Å²) in [4.78, 5) is 4.34. The molecule has 0 fully saturated rings. The van der Waals surface area contributed by atoms with Crippen LogP contribution < -0.4 is 5.73 Å². The topological polar surface area (TPSA) is 56.7 Å². The van der Waals surface area contributed by atoms with Crippen LogP contribution >= 0.6 is 0 Å². The molecule has 0 aliphatic carbocycles. The molecule has 0 saturated carbocycles. The van der Waals surface area contributed by atoms with Gasteiger partial charge in [0.25, 0.3) is 0 Å². The van der Waals surface area contributed by atoms with Gasteiger partial charge >= 0.3 is 0 Å². The fraction of sp³-hybridized carbons (Fsp3) is 0.385. The first kappa shape index (κ1) is 11.8. The van der Waals surface area contributed by atoms with E-state index in [1.807, 2.05) is 43.7 Å². The first-order chi connectivity index (χ1) is 8.09. The molecule has 2 N–H and O–H groups in total. The summed E-state index contributed by atoms with van der Waals surface area (Å²) in [7, 11) is 0. The number of rotatable bonds is 3. The van der Waals surface area contributed by atoms with Crippen molar-refractivity contribution in [2.24, 2.45) is 5.73 Å². The average Bonchev–Trinajstić information content (AvgIpc) is 2.59. The first-order valence-electron chi connectivity index (χ1n) is 5.80. The van der Waals surface area contributed by atoms with Crippen LogP contribution in [0.1, 0.15) is 30.2 Å². The maximum Gasteiger partial charge on any atom is 0.147 e. The number of hydrogen-bond donors (Lipinski definition) is 1. The summed E-state index contributed by atoms with van der Waals surface area (Å²) >= 11 is 0. The summed E-state index contributed by atoms with van der Waals surface area (Å²) < 4.78 is 1.91. The Balaban J connectivity index is 2.47. The van der Waals surface area contributed by atoms with Crippen molar-refractivity contribution < 1.29 is 0 Å². The van der Waals surface area contributed by atoms with Crippen LogP contribution in [0.4, 0.5) is 0 Å². The number of aromatic nitrogens is 3. The molecule has 17 heavy (non-hydrogen) atoms. The van der Waals surface area contributed by atoms with Crippen molar-refractivity contribution in [3.63, 3.8) is 0 Å². The van der Waals surface area contributed by atoms with E-state index in [2.05, 4.69) is 22.2 Å². The van der Waals surface area contributed by atoms with Crippen LogP contribution in [-0.2, 0) is 0 Å². The number of nitrogens with two attached hydrogens (primary N) is 1. The zero-order valence-corrected chi connectivity index (χ0v) is 10.5. The largest absolute Gasteiger partial charge is 0.326 e. The second-order valence-corrected chi connectivity index (χ2v) is 4.37. The lowest BCUT2D eigenvalue weighted by molar-refractivity contribution is 0.442. The lowest BCUT2D eigenvalue weighted by Crippen LogP contribution is -2.31. The van der Waals surface area contributed by atoms with Crippen LogP contribution in [0.3, 0.4) is 0 Å². The van der Waals surface area contributed by atoms with Crippen molar-refractivity contribution in [3.8, 4) is 0 Å². The monoisotopic (exact) mass is 230 g/mol. The van der Waals surface area contributed by atoms with Gasteiger partial charge in [0.1, 0.15) is 11.6 Å². The highest BCUT2D eigenvalue weighted by molar-refractivity contribution is 5.21. The number of benzene rings is 1. The Labute approximate surface area is 101 Å². The Bertz CT molecular complexity index is 487. The van der Waals surface area contributed by atoms with Crippen molar-refractivity contribution >= 4 is 0 Å². The van der Waals surface area contributed by atoms with E-state index < -0.39 is 0 Å². The highest BCUT2D eigenvalue weighted by Crippen LogP contribution is 2.21. The molecular formula is C13H18N4. The second-order valence-electron chi connectivity index (χ2n) is 4.37. The fourth-order valence-electron chi connectivity index (χ4n) is 2.12. The van der Waals surface area contributed by atoms with E-state index in [0.29, 0.717) is 0 Å². The van der Waals surface area contributed by atoms with Gasteiger partial charge in [-0.05, 0) is 26.3 Å². The molecular weight excluding hydrogens is 212 g/mol. The summed E-state index contributed by atoms with van der Waals surface area (Å²) in [5, 5.41) is 4.43. The van der Waals surface area contributed by atoms with Crippen molar-refractivity contribution in [1.29, 1.82) is 0 Å². The minimum absolute atomic E-state index is 0.0165. The third-order valence-corrected chi connectivity index (χ3v) is 2.81. The normalized spacial score (nSPS) is 14.6. The highest BCUT2D eigenvalue weighted by Gasteiger charge is 2.21.